The molecule has 0 fully saturated rings. The molecular formula is C24H35N3O5. The highest BCUT2D eigenvalue weighted by Crippen LogP contribution is 2.32. The Hall–Kier alpha value is -2.45. The number of amides is 2. The van der Waals surface area contributed by atoms with Crippen molar-refractivity contribution in [2.75, 3.05) is 40.5 Å². The highest BCUT2D eigenvalue weighted by atomic mass is 16.5. The van der Waals surface area contributed by atoms with Gasteiger partial charge in [0.15, 0.2) is 0 Å². The summed E-state index contributed by atoms with van der Waals surface area (Å²) >= 11 is 0. The van der Waals surface area contributed by atoms with Gasteiger partial charge in [-0.3, -0.25) is 9.59 Å². The number of aromatic nitrogens is 1. The van der Waals surface area contributed by atoms with Crippen molar-refractivity contribution in [3.8, 4) is 5.88 Å². The molecule has 1 aliphatic carbocycles. The van der Waals surface area contributed by atoms with Crippen molar-refractivity contribution in [1.82, 2.24) is 14.8 Å². The molecule has 2 amide bonds. The molecular weight excluding hydrogens is 410 g/mol. The van der Waals surface area contributed by atoms with E-state index in [2.05, 4.69) is 11.1 Å². The molecule has 8 heteroatoms. The van der Waals surface area contributed by atoms with E-state index in [-0.39, 0.29) is 49.0 Å². The van der Waals surface area contributed by atoms with E-state index in [1.54, 1.807) is 23.0 Å². The van der Waals surface area contributed by atoms with E-state index in [9.17, 15) is 14.7 Å². The van der Waals surface area contributed by atoms with Crippen molar-refractivity contribution in [3.63, 3.8) is 0 Å². The quantitative estimate of drug-likeness (QED) is 0.693. The van der Waals surface area contributed by atoms with Gasteiger partial charge in [-0.05, 0) is 49.8 Å². The number of allylic oxidation sites excluding steroid dienone is 2. The predicted molar refractivity (Wildman–Crippen MR) is 121 cm³/mol. The minimum atomic E-state index is -0.367. The predicted octanol–water partition coefficient (Wildman–Crippen LogP) is 2.36. The van der Waals surface area contributed by atoms with Gasteiger partial charge >= 0.3 is 0 Å². The zero-order chi connectivity index (χ0) is 23.3. The number of pyridine rings is 1. The third-order valence-electron chi connectivity index (χ3n) is 6.33. The molecule has 0 spiro atoms. The van der Waals surface area contributed by atoms with Crippen LogP contribution in [0.2, 0.25) is 0 Å². The monoisotopic (exact) mass is 445 g/mol. The molecule has 0 unspecified atom stereocenters. The lowest BCUT2D eigenvalue weighted by Crippen LogP contribution is -2.50. The zero-order valence-corrected chi connectivity index (χ0v) is 19.5. The van der Waals surface area contributed by atoms with Gasteiger partial charge in [0.2, 0.25) is 11.8 Å². The highest BCUT2D eigenvalue weighted by Gasteiger charge is 2.34. The fourth-order valence-electron chi connectivity index (χ4n) is 4.20. The number of methoxy groups -OCH3 is 1. The summed E-state index contributed by atoms with van der Waals surface area (Å²) in [4.78, 5) is 33.5. The number of likely N-dealkylation sites (N-methyl/N-ethyl adjacent to an activating group) is 1. The van der Waals surface area contributed by atoms with Crippen molar-refractivity contribution in [2.24, 2.45) is 5.92 Å². The van der Waals surface area contributed by atoms with Crippen LogP contribution in [0.4, 0.5) is 0 Å². The number of aliphatic hydroxyl groups excluding tert-OH is 1. The number of aliphatic hydroxyl groups is 1. The van der Waals surface area contributed by atoms with Gasteiger partial charge in [0.1, 0.15) is 18.3 Å². The Morgan fingerprint density at radius 1 is 1.44 bits per heavy atom. The molecule has 0 radical (unpaired) electrons. The van der Waals surface area contributed by atoms with E-state index in [4.69, 9.17) is 9.47 Å². The molecule has 1 aromatic heterocycles. The minimum absolute atomic E-state index is 0.00291. The van der Waals surface area contributed by atoms with Crippen LogP contribution in [0.3, 0.4) is 0 Å². The lowest BCUT2D eigenvalue weighted by Gasteiger charge is -2.37. The lowest BCUT2D eigenvalue weighted by atomic mass is 9.93. The van der Waals surface area contributed by atoms with Crippen LogP contribution in [0, 0.1) is 5.92 Å². The smallest absolute Gasteiger partial charge is 0.259 e. The topological polar surface area (TPSA) is 92.2 Å². The minimum Gasteiger partial charge on any atom is -0.472 e. The Labute approximate surface area is 190 Å². The van der Waals surface area contributed by atoms with Crippen molar-refractivity contribution in [3.05, 3.63) is 29.5 Å². The van der Waals surface area contributed by atoms with E-state index in [0.29, 0.717) is 18.7 Å². The third kappa shape index (κ3) is 5.48. The number of carbonyl (C=O) groups excluding carboxylic acids is 2. The Kier molecular flexibility index (Phi) is 8.26. The van der Waals surface area contributed by atoms with Crippen molar-refractivity contribution in [1.29, 1.82) is 0 Å². The van der Waals surface area contributed by atoms with Gasteiger partial charge in [-0.2, -0.15) is 0 Å². The number of nitrogens with zero attached hydrogens (tertiary/aromatic N) is 3. The van der Waals surface area contributed by atoms with Gasteiger partial charge in [-0.15, -0.1) is 0 Å². The highest BCUT2D eigenvalue weighted by molar-refractivity contribution is 5.97. The molecule has 0 saturated heterocycles. The molecule has 1 aromatic rings. The fourth-order valence-corrected chi connectivity index (χ4v) is 4.20. The van der Waals surface area contributed by atoms with Crippen LogP contribution in [0.25, 0.3) is 5.57 Å². The van der Waals surface area contributed by atoms with Gasteiger partial charge in [-0.25, -0.2) is 4.98 Å². The Morgan fingerprint density at radius 2 is 2.22 bits per heavy atom. The fraction of sp³-hybridized carbons (Fsp3) is 0.625. The molecule has 2 heterocycles. The van der Waals surface area contributed by atoms with Crippen LogP contribution in [-0.4, -0.2) is 84.3 Å². The van der Waals surface area contributed by atoms with Crippen molar-refractivity contribution in [2.45, 2.75) is 51.7 Å². The standard InChI is InChI=1S/C24H35N3O5/c1-16-12-27(17(2)14-28)24(30)20-10-19(18-8-6-5-7-9-18)11-25-23(20)32-21(16)13-26(3)22(29)15-31-4/h8,10-11,16-17,21,28H,5-7,9,12-15H2,1-4H3/t16-,17+,21-/m1/s1. The van der Waals surface area contributed by atoms with E-state index >= 15 is 0 Å². The van der Waals surface area contributed by atoms with Crippen LogP contribution in [-0.2, 0) is 9.53 Å². The summed E-state index contributed by atoms with van der Waals surface area (Å²) in [6, 6.07) is 1.52. The first-order valence-electron chi connectivity index (χ1n) is 11.4. The molecule has 1 aliphatic heterocycles. The second-order valence-electron chi connectivity index (χ2n) is 8.88. The normalized spacial score (nSPS) is 22.2. The van der Waals surface area contributed by atoms with Gasteiger partial charge in [0, 0.05) is 32.8 Å². The van der Waals surface area contributed by atoms with Crippen LogP contribution in [0.1, 0.15) is 55.5 Å². The summed E-state index contributed by atoms with van der Waals surface area (Å²) in [6.07, 6.45) is 7.93. The summed E-state index contributed by atoms with van der Waals surface area (Å²) in [5.74, 6) is -0.146. The SMILES string of the molecule is COCC(=O)N(C)C[C@H]1Oc2ncc(C3=CCCCC3)cc2C(=O)N([C@@H](C)CO)C[C@H]1C. The zero-order valence-electron chi connectivity index (χ0n) is 19.5. The van der Waals surface area contributed by atoms with E-state index in [0.717, 1.165) is 24.8 Å². The molecule has 1 N–H and O–H groups in total. The second kappa shape index (κ2) is 10.9. The number of hydrogen-bond acceptors (Lipinski definition) is 6. The lowest BCUT2D eigenvalue weighted by molar-refractivity contribution is -0.135. The molecule has 32 heavy (non-hydrogen) atoms. The molecule has 8 nitrogen and oxygen atoms in total. The summed E-state index contributed by atoms with van der Waals surface area (Å²) < 4.78 is 11.2. The third-order valence-corrected chi connectivity index (χ3v) is 6.33. The molecule has 3 atom stereocenters. The average Bonchev–Trinajstić information content (AvgIpc) is 2.81. The summed E-state index contributed by atoms with van der Waals surface area (Å²) in [5, 5.41) is 9.79. The number of carbonyl (C=O) groups is 2. The number of ether oxygens (including phenoxy) is 2. The van der Waals surface area contributed by atoms with Gasteiger partial charge in [-0.1, -0.05) is 13.0 Å². The Morgan fingerprint density at radius 3 is 2.88 bits per heavy atom. The second-order valence-corrected chi connectivity index (χ2v) is 8.88. The number of fused-ring (bicyclic) bond motifs is 1. The first-order chi connectivity index (χ1) is 15.3. The average molecular weight is 446 g/mol. The molecule has 3 rings (SSSR count). The maximum absolute atomic E-state index is 13.5. The van der Waals surface area contributed by atoms with Crippen LogP contribution in [0.15, 0.2) is 18.3 Å². The maximum atomic E-state index is 13.5. The van der Waals surface area contributed by atoms with E-state index in [1.807, 2.05) is 19.9 Å². The summed E-state index contributed by atoms with van der Waals surface area (Å²) in [7, 11) is 3.20. The van der Waals surface area contributed by atoms with E-state index < -0.39 is 0 Å². The Bertz CT molecular complexity index is 856. The van der Waals surface area contributed by atoms with Crippen molar-refractivity contribution < 1.29 is 24.2 Å². The van der Waals surface area contributed by atoms with Crippen molar-refractivity contribution >= 4 is 17.4 Å². The van der Waals surface area contributed by atoms with Gasteiger partial charge < -0.3 is 24.4 Å². The summed E-state index contributed by atoms with van der Waals surface area (Å²) in [5.41, 5.74) is 2.55. The first kappa shape index (κ1) is 24.2. The van der Waals surface area contributed by atoms with Gasteiger partial charge in [0.05, 0.1) is 19.2 Å². The molecule has 176 valence electrons. The Balaban J connectivity index is 1.96. The van der Waals surface area contributed by atoms with Gasteiger partial charge in [0.25, 0.3) is 5.91 Å². The van der Waals surface area contributed by atoms with Crippen LogP contribution >= 0.6 is 0 Å². The molecule has 0 bridgehead atoms. The maximum Gasteiger partial charge on any atom is 0.259 e. The largest absolute Gasteiger partial charge is 0.472 e. The van der Waals surface area contributed by atoms with E-state index in [1.165, 1.54) is 19.1 Å². The molecule has 0 saturated carbocycles. The first-order valence-corrected chi connectivity index (χ1v) is 11.4. The molecule has 0 aromatic carbocycles. The number of rotatable bonds is 7. The van der Waals surface area contributed by atoms with Crippen LogP contribution < -0.4 is 4.74 Å². The molecule has 2 aliphatic rings. The van der Waals surface area contributed by atoms with Crippen LogP contribution in [0.5, 0.6) is 5.88 Å². The summed E-state index contributed by atoms with van der Waals surface area (Å²) in [6.45, 7) is 4.42. The number of hydrogen-bond donors (Lipinski definition) is 1.